The number of rotatable bonds is 5. The number of pyridine rings is 1. The highest BCUT2D eigenvalue weighted by atomic mass is 16.4. The topological polar surface area (TPSA) is 147 Å². The molecule has 0 aliphatic heterocycles. The van der Waals surface area contributed by atoms with E-state index < -0.39 is 30.1 Å². The monoisotopic (exact) mass is 400 g/mol. The molecule has 148 valence electrons. The molecular formula is C22H16N4O4. The summed E-state index contributed by atoms with van der Waals surface area (Å²) in [5, 5.41) is 41.4. The van der Waals surface area contributed by atoms with Crippen molar-refractivity contribution in [3.05, 3.63) is 70.5 Å². The molecule has 0 fully saturated rings. The zero-order valence-corrected chi connectivity index (χ0v) is 15.9. The molecule has 0 aliphatic carbocycles. The van der Waals surface area contributed by atoms with Crippen molar-refractivity contribution in [1.82, 2.24) is 10.3 Å². The van der Waals surface area contributed by atoms with Gasteiger partial charge < -0.3 is 15.5 Å². The highest BCUT2D eigenvalue weighted by Crippen LogP contribution is 2.30. The molecule has 30 heavy (non-hydrogen) atoms. The largest absolute Gasteiger partial charge is 0.505 e. The van der Waals surface area contributed by atoms with Crippen LogP contribution in [0.5, 0.6) is 5.75 Å². The SMILES string of the molecule is Cc1ccc2c(O)c(C(=O)N[C@@H](CC(=O)O)c3ccc(C#N)cc3)nc(C#N)c2c1. The number of aryl methyl sites for hydroxylation is 1. The Morgan fingerprint density at radius 1 is 1.10 bits per heavy atom. The van der Waals surface area contributed by atoms with Gasteiger partial charge in [-0.05, 0) is 30.7 Å². The number of nitriles is 2. The number of carboxylic acid groups (broad SMARTS) is 1. The molecule has 0 bridgehead atoms. The van der Waals surface area contributed by atoms with Crippen LogP contribution < -0.4 is 5.32 Å². The summed E-state index contributed by atoms with van der Waals surface area (Å²) in [5.41, 5.74) is 1.33. The van der Waals surface area contributed by atoms with Gasteiger partial charge in [-0.25, -0.2) is 4.98 Å². The smallest absolute Gasteiger partial charge is 0.305 e. The van der Waals surface area contributed by atoms with Crippen LogP contribution in [-0.4, -0.2) is 27.1 Å². The summed E-state index contributed by atoms with van der Waals surface area (Å²) in [6.07, 6.45) is -0.420. The molecule has 0 spiro atoms. The highest BCUT2D eigenvalue weighted by molar-refractivity contribution is 6.03. The number of hydrogen-bond acceptors (Lipinski definition) is 6. The van der Waals surface area contributed by atoms with Gasteiger partial charge in [0.05, 0.1) is 24.1 Å². The summed E-state index contributed by atoms with van der Waals surface area (Å²) in [7, 11) is 0. The van der Waals surface area contributed by atoms with E-state index in [1.54, 1.807) is 30.3 Å². The van der Waals surface area contributed by atoms with Crippen molar-refractivity contribution >= 4 is 22.6 Å². The third kappa shape index (κ3) is 4.03. The Kier molecular flexibility index (Phi) is 5.61. The maximum absolute atomic E-state index is 12.8. The fourth-order valence-corrected chi connectivity index (χ4v) is 3.10. The fourth-order valence-electron chi connectivity index (χ4n) is 3.10. The minimum Gasteiger partial charge on any atom is -0.505 e. The van der Waals surface area contributed by atoms with Crippen molar-refractivity contribution in [3.8, 4) is 17.9 Å². The minimum atomic E-state index is -1.14. The van der Waals surface area contributed by atoms with Gasteiger partial charge in [0.2, 0.25) is 0 Å². The van der Waals surface area contributed by atoms with Crippen molar-refractivity contribution in [1.29, 1.82) is 10.5 Å². The molecule has 0 unspecified atom stereocenters. The van der Waals surface area contributed by atoms with Crippen LogP contribution in [0.25, 0.3) is 10.8 Å². The molecule has 3 rings (SSSR count). The Morgan fingerprint density at radius 3 is 2.40 bits per heavy atom. The third-order valence-corrected chi connectivity index (χ3v) is 4.58. The molecule has 3 N–H and O–H groups in total. The lowest BCUT2D eigenvalue weighted by molar-refractivity contribution is -0.137. The predicted octanol–water partition coefficient (Wildman–Crippen LogP) is 2.94. The van der Waals surface area contributed by atoms with Crippen LogP contribution in [0.1, 0.15) is 45.3 Å². The number of nitrogens with zero attached hydrogens (tertiary/aromatic N) is 3. The number of hydrogen-bond donors (Lipinski definition) is 3. The van der Waals surface area contributed by atoms with Gasteiger partial charge in [-0.15, -0.1) is 0 Å². The van der Waals surface area contributed by atoms with Gasteiger partial charge in [-0.3, -0.25) is 9.59 Å². The Hall–Kier alpha value is -4.43. The Bertz CT molecular complexity index is 1240. The number of aromatic nitrogens is 1. The van der Waals surface area contributed by atoms with Crippen molar-refractivity contribution in [2.45, 2.75) is 19.4 Å². The van der Waals surface area contributed by atoms with E-state index in [1.807, 2.05) is 19.1 Å². The van der Waals surface area contributed by atoms with Gasteiger partial charge in [-0.2, -0.15) is 10.5 Å². The maximum atomic E-state index is 12.8. The van der Waals surface area contributed by atoms with Crippen LogP contribution in [0.2, 0.25) is 0 Å². The van der Waals surface area contributed by atoms with Gasteiger partial charge >= 0.3 is 5.97 Å². The summed E-state index contributed by atoms with van der Waals surface area (Å²) in [5.74, 6) is -2.36. The van der Waals surface area contributed by atoms with E-state index in [0.717, 1.165) is 5.56 Å². The van der Waals surface area contributed by atoms with E-state index in [9.17, 15) is 25.1 Å². The lowest BCUT2D eigenvalue weighted by Gasteiger charge is -2.18. The molecule has 0 saturated heterocycles. The van der Waals surface area contributed by atoms with Crippen LogP contribution in [0.4, 0.5) is 0 Å². The molecule has 1 amide bonds. The molecule has 0 aliphatic rings. The first kappa shape index (κ1) is 20.3. The Morgan fingerprint density at radius 2 is 1.80 bits per heavy atom. The summed E-state index contributed by atoms with van der Waals surface area (Å²) >= 11 is 0. The minimum absolute atomic E-state index is 0.0233. The summed E-state index contributed by atoms with van der Waals surface area (Å²) in [4.78, 5) is 28.1. The van der Waals surface area contributed by atoms with Crippen LogP contribution >= 0.6 is 0 Å². The fraction of sp³-hybridized carbons (Fsp3) is 0.136. The van der Waals surface area contributed by atoms with Crippen LogP contribution in [0.3, 0.4) is 0 Å². The highest BCUT2D eigenvalue weighted by Gasteiger charge is 2.24. The molecule has 3 aromatic rings. The average Bonchev–Trinajstić information content (AvgIpc) is 2.73. The van der Waals surface area contributed by atoms with Gasteiger partial charge in [0.15, 0.2) is 11.4 Å². The maximum Gasteiger partial charge on any atom is 0.305 e. The second kappa shape index (κ2) is 8.29. The Labute approximate surface area is 171 Å². The van der Waals surface area contributed by atoms with E-state index >= 15 is 0 Å². The third-order valence-electron chi connectivity index (χ3n) is 4.58. The first-order valence-corrected chi connectivity index (χ1v) is 8.90. The molecule has 1 aromatic heterocycles. The molecule has 8 heteroatoms. The van der Waals surface area contributed by atoms with E-state index in [4.69, 9.17) is 5.26 Å². The number of carbonyl (C=O) groups is 2. The summed E-state index contributed by atoms with van der Waals surface area (Å²) in [6, 6.07) is 14.1. The van der Waals surface area contributed by atoms with E-state index in [1.165, 1.54) is 12.1 Å². The zero-order valence-electron chi connectivity index (χ0n) is 15.9. The molecule has 0 radical (unpaired) electrons. The number of aromatic hydroxyl groups is 1. The first-order valence-electron chi connectivity index (χ1n) is 8.90. The lowest BCUT2D eigenvalue weighted by atomic mass is 10.0. The Balaban J connectivity index is 2.01. The number of carbonyl (C=O) groups excluding carboxylic acids is 1. The molecule has 0 saturated carbocycles. The van der Waals surface area contributed by atoms with E-state index in [2.05, 4.69) is 10.3 Å². The van der Waals surface area contributed by atoms with Crippen molar-refractivity contribution in [3.63, 3.8) is 0 Å². The number of amides is 1. The van der Waals surface area contributed by atoms with Crippen LogP contribution in [0, 0.1) is 29.6 Å². The molecular weight excluding hydrogens is 384 g/mol. The average molecular weight is 400 g/mol. The number of nitrogens with one attached hydrogen (secondary N) is 1. The van der Waals surface area contributed by atoms with Crippen molar-refractivity contribution in [2.75, 3.05) is 0 Å². The van der Waals surface area contributed by atoms with Gasteiger partial charge in [0, 0.05) is 10.8 Å². The van der Waals surface area contributed by atoms with Crippen molar-refractivity contribution < 1.29 is 19.8 Å². The second-order valence-corrected chi connectivity index (χ2v) is 6.68. The lowest BCUT2D eigenvalue weighted by Crippen LogP contribution is -2.31. The number of fused-ring (bicyclic) bond motifs is 1. The molecule has 8 nitrogen and oxygen atoms in total. The van der Waals surface area contributed by atoms with Gasteiger partial charge in [-0.1, -0.05) is 29.8 Å². The molecule has 2 aromatic carbocycles. The van der Waals surface area contributed by atoms with Gasteiger partial charge in [0.25, 0.3) is 5.91 Å². The normalized spacial score (nSPS) is 11.3. The van der Waals surface area contributed by atoms with E-state index in [-0.39, 0.29) is 11.4 Å². The van der Waals surface area contributed by atoms with Crippen LogP contribution in [-0.2, 0) is 4.79 Å². The van der Waals surface area contributed by atoms with E-state index in [0.29, 0.717) is 21.9 Å². The number of carboxylic acids is 1. The standard InChI is InChI=1S/C22H16N4O4/c1-12-2-7-15-16(8-12)18(11-24)25-20(21(15)29)22(30)26-17(9-19(27)28)14-5-3-13(10-23)4-6-14/h2-8,17,29H,9H2,1H3,(H,26,30)(H,27,28)/t17-/m0/s1. The predicted molar refractivity (Wildman–Crippen MR) is 106 cm³/mol. The summed E-state index contributed by atoms with van der Waals surface area (Å²) < 4.78 is 0. The summed E-state index contributed by atoms with van der Waals surface area (Å²) in [6.45, 7) is 1.83. The number of benzene rings is 2. The molecule has 1 heterocycles. The molecule has 1 atom stereocenters. The first-order chi connectivity index (χ1) is 14.3. The van der Waals surface area contributed by atoms with Crippen LogP contribution in [0.15, 0.2) is 42.5 Å². The second-order valence-electron chi connectivity index (χ2n) is 6.68. The zero-order chi connectivity index (χ0) is 21.8. The van der Waals surface area contributed by atoms with Crippen molar-refractivity contribution in [2.24, 2.45) is 0 Å². The quantitative estimate of drug-likeness (QED) is 0.596. The number of aliphatic carboxylic acids is 1. The van der Waals surface area contributed by atoms with Gasteiger partial charge in [0.1, 0.15) is 11.8 Å².